The van der Waals surface area contributed by atoms with Crippen LogP contribution in [-0.2, 0) is 42.6 Å². The van der Waals surface area contributed by atoms with Crippen LogP contribution in [0.4, 0.5) is 14.4 Å². The molecule has 0 aromatic carbocycles. The van der Waals surface area contributed by atoms with Crippen molar-refractivity contribution in [1.29, 1.82) is 0 Å². The molecule has 0 aromatic heterocycles. The van der Waals surface area contributed by atoms with Gasteiger partial charge < -0.3 is 99.9 Å². The first-order valence-electron chi connectivity index (χ1n) is 23.6. The number of hydrogen-bond donors (Lipinski definition) is 11. The summed E-state index contributed by atoms with van der Waals surface area (Å²) in [5, 5.41) is 81.2. The highest BCUT2D eigenvalue weighted by Crippen LogP contribution is 2.37. The molecular weight excluding hydrogens is 899 g/mol. The summed E-state index contributed by atoms with van der Waals surface area (Å²) in [6, 6.07) is -2.94. The lowest BCUT2D eigenvalue weighted by atomic mass is 9.80. The van der Waals surface area contributed by atoms with Crippen LogP contribution >= 0.6 is 0 Å². The second kappa shape index (κ2) is 24.9. The minimum atomic E-state index is -1.78. The fourth-order valence-electron chi connectivity index (χ4n) is 8.24. The number of carbonyl (C=O) groups is 3. The van der Waals surface area contributed by atoms with E-state index in [9.17, 15) is 45.0 Å². The monoisotopic (exact) mass is 980 g/mol. The van der Waals surface area contributed by atoms with E-state index in [-0.39, 0.29) is 12.5 Å². The Hall–Kier alpha value is -3.01. The molecule has 1 saturated carbocycles. The molecule has 0 bridgehead atoms. The second-order valence-electron chi connectivity index (χ2n) is 20.9. The van der Waals surface area contributed by atoms with Gasteiger partial charge in [0.2, 0.25) is 0 Å². The Morgan fingerprint density at radius 3 is 1.85 bits per heavy atom. The van der Waals surface area contributed by atoms with Crippen molar-refractivity contribution in [3.63, 3.8) is 0 Å². The maximum absolute atomic E-state index is 13.0. The quantitative estimate of drug-likeness (QED) is 0.0636. The SMILES string of the molecule is CCCC(O)CNC[C@@H]1C=C[C@@H](NC(=O)OC(C)(C)C)[C@@H](O[C@H]2[C@H](O[C@@H]3O[C@H](CO)[C@@H](O[C@H]4O[C@@H](CNC(=O)OC(C)(C)C)[C@@H](O)[C@H](O)[C@H]4NC(=O)OC(C)(C)C)[C@H]3O)[C@@H](O)[C@H](NC)C[C@@H]2C)O1. The molecule has 2 saturated heterocycles. The smallest absolute Gasteiger partial charge is 0.408 e. The van der Waals surface area contributed by atoms with E-state index in [1.807, 2.05) is 13.8 Å². The zero-order chi connectivity index (χ0) is 50.9. The van der Waals surface area contributed by atoms with Crippen LogP contribution in [0, 0.1) is 5.92 Å². The summed E-state index contributed by atoms with van der Waals surface area (Å²) < 4.78 is 54.0. The number of aliphatic hydroxyl groups excluding tert-OH is 6. The summed E-state index contributed by atoms with van der Waals surface area (Å²) in [7, 11) is 1.67. The number of aliphatic hydroxyl groups is 6. The average molecular weight is 980 g/mol. The molecule has 11 N–H and O–H groups in total. The minimum absolute atomic E-state index is 0.294. The summed E-state index contributed by atoms with van der Waals surface area (Å²) >= 11 is 0. The van der Waals surface area contributed by atoms with Gasteiger partial charge in [-0.25, -0.2) is 14.4 Å². The van der Waals surface area contributed by atoms with Crippen LogP contribution in [0.2, 0.25) is 0 Å². The third kappa shape index (κ3) is 17.1. The lowest BCUT2D eigenvalue weighted by Gasteiger charge is -2.46. The third-order valence-electron chi connectivity index (χ3n) is 11.4. The number of likely N-dealkylation sites (N-methyl/N-ethyl adjacent to an activating group) is 1. The summed E-state index contributed by atoms with van der Waals surface area (Å²) in [6.07, 6.45) is -15.7. The Labute approximate surface area is 399 Å². The number of amides is 3. The highest BCUT2D eigenvalue weighted by molar-refractivity contribution is 5.69. The fraction of sp³-hybridized carbons (Fsp3) is 0.889. The molecule has 3 heterocycles. The molecule has 23 nitrogen and oxygen atoms in total. The molecule has 3 amide bonds. The van der Waals surface area contributed by atoms with Gasteiger partial charge in [-0.1, -0.05) is 32.4 Å². The fourth-order valence-corrected chi connectivity index (χ4v) is 8.24. The van der Waals surface area contributed by atoms with Gasteiger partial charge in [-0.3, -0.25) is 0 Å². The highest BCUT2D eigenvalue weighted by atomic mass is 16.8. The van der Waals surface area contributed by atoms with Crippen LogP contribution in [-0.4, -0.2) is 203 Å². The maximum atomic E-state index is 13.0. The molecule has 4 rings (SSSR count). The van der Waals surface area contributed by atoms with Crippen molar-refractivity contribution in [2.75, 3.05) is 33.3 Å². The summed E-state index contributed by atoms with van der Waals surface area (Å²) in [6.45, 7) is 18.4. The molecule has 0 spiro atoms. The Morgan fingerprint density at radius 2 is 1.26 bits per heavy atom. The summed E-state index contributed by atoms with van der Waals surface area (Å²) in [4.78, 5) is 38.6. The van der Waals surface area contributed by atoms with Gasteiger partial charge in [0.1, 0.15) is 71.6 Å². The van der Waals surface area contributed by atoms with Gasteiger partial charge in [0.05, 0.1) is 31.0 Å². The van der Waals surface area contributed by atoms with Gasteiger partial charge in [-0.2, -0.15) is 0 Å². The Kier molecular flexibility index (Phi) is 21.1. The van der Waals surface area contributed by atoms with Crippen LogP contribution in [0.25, 0.3) is 0 Å². The first-order valence-corrected chi connectivity index (χ1v) is 23.6. The van der Waals surface area contributed by atoms with E-state index in [0.29, 0.717) is 25.9 Å². The van der Waals surface area contributed by atoms with Crippen molar-refractivity contribution in [3.8, 4) is 0 Å². The molecule has 3 fully saturated rings. The number of hydrogen-bond acceptors (Lipinski definition) is 20. The highest BCUT2D eigenvalue weighted by Gasteiger charge is 2.55. The molecule has 1 unspecified atom stereocenters. The van der Waals surface area contributed by atoms with E-state index >= 15 is 0 Å². The van der Waals surface area contributed by atoms with Gasteiger partial charge >= 0.3 is 18.3 Å². The van der Waals surface area contributed by atoms with Crippen LogP contribution < -0.4 is 26.6 Å². The van der Waals surface area contributed by atoms with Crippen LogP contribution in [0.5, 0.6) is 0 Å². The Bertz CT molecular complexity index is 1620. The van der Waals surface area contributed by atoms with Gasteiger partial charge in [0.15, 0.2) is 18.9 Å². The molecule has 0 radical (unpaired) electrons. The van der Waals surface area contributed by atoms with Gasteiger partial charge in [0, 0.05) is 25.7 Å². The van der Waals surface area contributed by atoms with Crippen LogP contribution in [0.3, 0.4) is 0 Å². The second-order valence-corrected chi connectivity index (χ2v) is 20.9. The maximum Gasteiger partial charge on any atom is 0.408 e. The standard InChI is InChI=1S/C45H81N5O18/c1-13-14-23(52)18-47-19-24-15-16-25(49-41(58)67-44(6,7)8)37(60-24)63-34-22(2)17-26(46-12)30(53)36(34)65-39-33(56)35(28(21-51)62-39)64-38-29(50-42(59)68-45(9,10)11)32(55)31(54)27(61-38)20-48-40(57)66-43(3,4)5/h15-16,22-39,46-47,51-56H,13-14,17-21H2,1-12H3,(H,48,57)(H,49,58)(H,50,59)/t22-,23?,24-,25+,26+,27-,28+,29+,30-,31+,32+,33+,34+,35+,36+,37+,38+,39-/m0/s1. The van der Waals surface area contributed by atoms with E-state index in [0.717, 1.165) is 6.42 Å². The van der Waals surface area contributed by atoms with Crippen molar-refractivity contribution in [2.24, 2.45) is 5.92 Å². The molecule has 1 aliphatic carbocycles. The minimum Gasteiger partial charge on any atom is -0.444 e. The van der Waals surface area contributed by atoms with Gasteiger partial charge in [0.25, 0.3) is 0 Å². The van der Waals surface area contributed by atoms with Gasteiger partial charge in [-0.05, 0) is 88.1 Å². The number of ether oxygens (including phenoxy) is 9. The van der Waals surface area contributed by atoms with Crippen LogP contribution in [0.15, 0.2) is 12.2 Å². The largest absolute Gasteiger partial charge is 0.444 e. The van der Waals surface area contributed by atoms with E-state index in [2.05, 4.69) is 26.6 Å². The number of alkyl carbamates (subject to hydrolysis) is 3. The third-order valence-corrected chi connectivity index (χ3v) is 11.4. The number of rotatable bonds is 18. The Balaban J connectivity index is 1.60. The molecule has 4 aliphatic rings. The predicted octanol–water partition coefficient (Wildman–Crippen LogP) is -0.00150. The average Bonchev–Trinajstić information content (AvgIpc) is 3.51. The predicted molar refractivity (Wildman–Crippen MR) is 242 cm³/mol. The lowest BCUT2D eigenvalue weighted by molar-refractivity contribution is -0.290. The number of nitrogens with one attached hydrogen (secondary N) is 5. The molecule has 394 valence electrons. The zero-order valence-corrected chi connectivity index (χ0v) is 41.6. The zero-order valence-electron chi connectivity index (χ0n) is 41.6. The molecular formula is C45H81N5O18. The van der Waals surface area contributed by atoms with Crippen molar-refractivity contribution in [3.05, 3.63) is 12.2 Å². The Morgan fingerprint density at radius 1 is 0.691 bits per heavy atom. The molecule has 0 aromatic rings. The molecule has 68 heavy (non-hydrogen) atoms. The van der Waals surface area contributed by atoms with E-state index in [1.54, 1.807) is 81.5 Å². The topological polar surface area (TPSA) is 316 Å². The molecule has 3 aliphatic heterocycles. The van der Waals surface area contributed by atoms with Crippen molar-refractivity contribution < 1.29 is 87.7 Å². The first-order chi connectivity index (χ1) is 31.6. The first kappa shape index (κ1) is 57.6. The number of carbonyl (C=O) groups excluding carboxylic acids is 3. The molecule has 18 atom stereocenters. The van der Waals surface area contributed by atoms with Crippen molar-refractivity contribution in [2.45, 2.75) is 216 Å². The van der Waals surface area contributed by atoms with Gasteiger partial charge in [-0.15, -0.1) is 0 Å². The normalized spacial score (nSPS) is 36.1. The van der Waals surface area contributed by atoms with Crippen molar-refractivity contribution >= 4 is 18.3 Å². The lowest BCUT2D eigenvalue weighted by Crippen LogP contribution is -2.66. The molecule has 23 heteroatoms. The summed E-state index contributed by atoms with van der Waals surface area (Å²) in [5.41, 5.74) is -2.64. The van der Waals surface area contributed by atoms with Crippen molar-refractivity contribution in [1.82, 2.24) is 26.6 Å². The van der Waals surface area contributed by atoms with Crippen LogP contribution in [0.1, 0.15) is 95.4 Å². The van der Waals surface area contributed by atoms with E-state index in [4.69, 9.17) is 42.6 Å². The summed E-state index contributed by atoms with van der Waals surface area (Å²) in [5.74, 6) is -0.355. The van der Waals surface area contributed by atoms with E-state index < -0.39 is 146 Å². The van der Waals surface area contributed by atoms with E-state index in [1.165, 1.54) is 0 Å².